The van der Waals surface area contributed by atoms with Gasteiger partial charge in [0.1, 0.15) is 6.04 Å². The van der Waals surface area contributed by atoms with Crippen LogP contribution in [0.5, 0.6) is 0 Å². The SMILES string of the molecule is CC(C)CC(NC(=O)CCc1ccccc1)C(=O)N[C@H]1CCOC1O. The summed E-state index contributed by atoms with van der Waals surface area (Å²) in [6, 6.07) is 8.77. The van der Waals surface area contributed by atoms with Crippen molar-refractivity contribution in [2.24, 2.45) is 5.92 Å². The second-order valence-electron chi connectivity index (χ2n) is 6.90. The van der Waals surface area contributed by atoms with E-state index >= 15 is 0 Å². The number of hydrogen-bond donors (Lipinski definition) is 3. The highest BCUT2D eigenvalue weighted by Gasteiger charge is 2.30. The smallest absolute Gasteiger partial charge is 0.242 e. The molecule has 1 heterocycles. The number of carbonyl (C=O) groups is 2. The Balaban J connectivity index is 1.87. The number of amides is 2. The second kappa shape index (κ2) is 9.53. The molecule has 6 nitrogen and oxygen atoms in total. The Morgan fingerprint density at radius 1 is 1.28 bits per heavy atom. The van der Waals surface area contributed by atoms with Gasteiger partial charge in [0.25, 0.3) is 0 Å². The number of benzene rings is 1. The predicted molar refractivity (Wildman–Crippen MR) is 94.7 cm³/mol. The number of rotatable bonds is 8. The summed E-state index contributed by atoms with van der Waals surface area (Å²) < 4.78 is 5.05. The van der Waals surface area contributed by atoms with Crippen LogP contribution in [0, 0.1) is 5.92 Å². The highest BCUT2D eigenvalue weighted by Crippen LogP contribution is 2.12. The first-order valence-corrected chi connectivity index (χ1v) is 8.89. The van der Waals surface area contributed by atoms with E-state index < -0.39 is 18.4 Å². The molecule has 1 aliphatic rings. The van der Waals surface area contributed by atoms with Crippen molar-refractivity contribution in [1.82, 2.24) is 10.6 Å². The van der Waals surface area contributed by atoms with E-state index in [1.807, 2.05) is 44.2 Å². The molecular formula is C19H28N2O4. The number of carbonyl (C=O) groups excluding carboxylic acids is 2. The van der Waals surface area contributed by atoms with Crippen LogP contribution < -0.4 is 10.6 Å². The molecule has 0 aliphatic carbocycles. The van der Waals surface area contributed by atoms with Crippen molar-refractivity contribution < 1.29 is 19.4 Å². The van der Waals surface area contributed by atoms with Crippen LogP contribution in [0.2, 0.25) is 0 Å². The highest BCUT2D eigenvalue weighted by molar-refractivity contribution is 5.87. The Hall–Kier alpha value is -1.92. The minimum absolute atomic E-state index is 0.145. The van der Waals surface area contributed by atoms with Crippen molar-refractivity contribution in [3.63, 3.8) is 0 Å². The van der Waals surface area contributed by atoms with Crippen LogP contribution in [0.1, 0.15) is 38.7 Å². The molecule has 1 aromatic rings. The van der Waals surface area contributed by atoms with Crippen molar-refractivity contribution in [3.8, 4) is 0 Å². The second-order valence-corrected chi connectivity index (χ2v) is 6.90. The minimum Gasteiger partial charge on any atom is -0.366 e. The zero-order valence-electron chi connectivity index (χ0n) is 14.9. The van der Waals surface area contributed by atoms with E-state index in [2.05, 4.69) is 10.6 Å². The largest absolute Gasteiger partial charge is 0.366 e. The van der Waals surface area contributed by atoms with Gasteiger partial charge < -0.3 is 20.5 Å². The van der Waals surface area contributed by atoms with E-state index in [4.69, 9.17) is 4.74 Å². The molecule has 2 rings (SSSR count). The lowest BCUT2D eigenvalue weighted by molar-refractivity contribution is -0.131. The molecule has 0 spiro atoms. The molecule has 2 unspecified atom stereocenters. The Morgan fingerprint density at radius 2 is 2.00 bits per heavy atom. The third-order valence-electron chi connectivity index (χ3n) is 4.23. The standard InChI is InChI=1S/C19H28N2O4/c1-13(2)12-16(18(23)21-15-10-11-25-19(15)24)20-17(22)9-8-14-6-4-3-5-7-14/h3-7,13,15-16,19,24H,8-12H2,1-2H3,(H,20,22)(H,21,23)/t15-,16?,19?/m0/s1. The summed E-state index contributed by atoms with van der Waals surface area (Å²) in [5, 5.41) is 15.3. The van der Waals surface area contributed by atoms with Gasteiger partial charge in [-0.05, 0) is 30.7 Å². The van der Waals surface area contributed by atoms with Gasteiger partial charge in [0, 0.05) is 6.42 Å². The fourth-order valence-electron chi connectivity index (χ4n) is 2.87. The topological polar surface area (TPSA) is 87.7 Å². The molecule has 25 heavy (non-hydrogen) atoms. The van der Waals surface area contributed by atoms with Crippen LogP contribution in [0.15, 0.2) is 30.3 Å². The third-order valence-corrected chi connectivity index (χ3v) is 4.23. The van der Waals surface area contributed by atoms with Crippen LogP contribution in [0.4, 0.5) is 0 Å². The zero-order chi connectivity index (χ0) is 18.2. The minimum atomic E-state index is -0.975. The highest BCUT2D eigenvalue weighted by atomic mass is 16.6. The summed E-state index contributed by atoms with van der Waals surface area (Å²) in [5.74, 6) is -0.154. The van der Waals surface area contributed by atoms with Crippen LogP contribution in [-0.4, -0.2) is 41.9 Å². The van der Waals surface area contributed by atoms with Gasteiger partial charge in [-0.15, -0.1) is 0 Å². The van der Waals surface area contributed by atoms with Crippen molar-refractivity contribution in [2.75, 3.05) is 6.61 Å². The fraction of sp³-hybridized carbons (Fsp3) is 0.579. The van der Waals surface area contributed by atoms with Crippen molar-refractivity contribution >= 4 is 11.8 Å². The van der Waals surface area contributed by atoms with Crippen LogP contribution in [0.3, 0.4) is 0 Å². The summed E-state index contributed by atoms with van der Waals surface area (Å²) in [5.41, 5.74) is 1.09. The summed E-state index contributed by atoms with van der Waals surface area (Å²) >= 11 is 0. The van der Waals surface area contributed by atoms with Gasteiger partial charge in [-0.25, -0.2) is 0 Å². The number of ether oxygens (including phenoxy) is 1. The van der Waals surface area contributed by atoms with E-state index in [1.54, 1.807) is 0 Å². The average Bonchev–Trinajstić information content (AvgIpc) is 2.98. The molecule has 1 fully saturated rings. The molecule has 0 aromatic heterocycles. The van der Waals surface area contributed by atoms with Crippen LogP contribution >= 0.6 is 0 Å². The normalized spacial score (nSPS) is 21.1. The molecule has 1 saturated heterocycles. The van der Waals surface area contributed by atoms with Gasteiger partial charge in [0.05, 0.1) is 12.6 Å². The Kier molecular flexibility index (Phi) is 7.40. The predicted octanol–water partition coefficient (Wildman–Crippen LogP) is 1.37. The fourth-order valence-corrected chi connectivity index (χ4v) is 2.87. The number of aryl methyl sites for hydroxylation is 1. The van der Waals surface area contributed by atoms with Gasteiger partial charge in [0.2, 0.25) is 11.8 Å². The quantitative estimate of drug-likeness (QED) is 0.662. The number of hydrogen-bond acceptors (Lipinski definition) is 4. The maximum absolute atomic E-state index is 12.5. The lowest BCUT2D eigenvalue weighted by atomic mass is 10.0. The summed E-state index contributed by atoms with van der Waals surface area (Å²) in [7, 11) is 0. The maximum atomic E-state index is 12.5. The van der Waals surface area contributed by atoms with Gasteiger partial charge in [-0.1, -0.05) is 44.2 Å². The zero-order valence-corrected chi connectivity index (χ0v) is 14.9. The molecule has 138 valence electrons. The van der Waals surface area contributed by atoms with E-state index in [0.29, 0.717) is 32.3 Å². The first-order valence-electron chi connectivity index (χ1n) is 8.89. The van der Waals surface area contributed by atoms with Crippen LogP contribution in [0.25, 0.3) is 0 Å². The number of nitrogens with one attached hydrogen (secondary N) is 2. The van der Waals surface area contributed by atoms with Crippen molar-refractivity contribution in [2.45, 2.75) is 57.9 Å². The molecule has 1 aromatic carbocycles. The lowest BCUT2D eigenvalue weighted by Crippen LogP contribution is -2.51. The average molecular weight is 348 g/mol. The van der Waals surface area contributed by atoms with Gasteiger partial charge >= 0.3 is 0 Å². The number of aliphatic hydroxyl groups is 1. The van der Waals surface area contributed by atoms with Gasteiger partial charge in [-0.3, -0.25) is 9.59 Å². The van der Waals surface area contributed by atoms with Gasteiger partial charge in [-0.2, -0.15) is 0 Å². The molecular weight excluding hydrogens is 320 g/mol. The van der Waals surface area contributed by atoms with E-state index in [1.165, 1.54) is 0 Å². The van der Waals surface area contributed by atoms with Crippen molar-refractivity contribution in [1.29, 1.82) is 0 Å². The maximum Gasteiger partial charge on any atom is 0.242 e. The molecule has 6 heteroatoms. The summed E-state index contributed by atoms with van der Waals surface area (Å²) in [6.07, 6.45) is 1.12. The first kappa shape index (κ1) is 19.4. The molecule has 3 N–H and O–H groups in total. The molecule has 3 atom stereocenters. The Labute approximate surface area is 149 Å². The van der Waals surface area contributed by atoms with Crippen molar-refractivity contribution in [3.05, 3.63) is 35.9 Å². The summed E-state index contributed by atoms with van der Waals surface area (Å²) in [4.78, 5) is 24.7. The molecule has 0 bridgehead atoms. The molecule has 0 saturated carbocycles. The number of aliphatic hydroxyl groups excluding tert-OH is 1. The van der Waals surface area contributed by atoms with E-state index in [-0.39, 0.29) is 17.7 Å². The molecule has 2 amide bonds. The lowest BCUT2D eigenvalue weighted by Gasteiger charge is -2.23. The van der Waals surface area contributed by atoms with Gasteiger partial charge in [0.15, 0.2) is 6.29 Å². The van der Waals surface area contributed by atoms with E-state index in [9.17, 15) is 14.7 Å². The monoisotopic (exact) mass is 348 g/mol. The third kappa shape index (κ3) is 6.48. The summed E-state index contributed by atoms with van der Waals surface area (Å²) in [6.45, 7) is 4.43. The first-order chi connectivity index (χ1) is 12.0. The molecule has 1 aliphatic heterocycles. The Morgan fingerprint density at radius 3 is 2.60 bits per heavy atom. The Bertz CT molecular complexity index is 562. The van der Waals surface area contributed by atoms with Crippen LogP contribution in [-0.2, 0) is 20.7 Å². The molecule has 0 radical (unpaired) electrons. The van der Waals surface area contributed by atoms with E-state index in [0.717, 1.165) is 5.56 Å².